The molecule has 184 valence electrons. The lowest BCUT2D eigenvalue weighted by molar-refractivity contribution is 0.313. The predicted octanol–water partition coefficient (Wildman–Crippen LogP) is 5.26. The minimum Gasteiger partial charge on any atom is -0.495 e. The first-order valence-electron chi connectivity index (χ1n) is 12.2. The van der Waals surface area contributed by atoms with Gasteiger partial charge in [-0.05, 0) is 49.0 Å². The highest BCUT2D eigenvalue weighted by molar-refractivity contribution is 6.34. The van der Waals surface area contributed by atoms with Crippen LogP contribution in [0.3, 0.4) is 0 Å². The van der Waals surface area contributed by atoms with E-state index in [9.17, 15) is 0 Å². The summed E-state index contributed by atoms with van der Waals surface area (Å²) in [5.41, 5.74) is 7.39. The Kier molecular flexibility index (Phi) is 5.82. The van der Waals surface area contributed by atoms with Crippen molar-refractivity contribution in [3.8, 4) is 16.9 Å². The zero-order valence-electron chi connectivity index (χ0n) is 20.8. The summed E-state index contributed by atoms with van der Waals surface area (Å²) >= 11 is 6.95. The first-order valence-corrected chi connectivity index (χ1v) is 12.5. The third-order valence-electron chi connectivity index (χ3n) is 7.23. The van der Waals surface area contributed by atoms with Gasteiger partial charge in [0.1, 0.15) is 5.75 Å². The second kappa shape index (κ2) is 9.15. The number of fused-ring (bicyclic) bond motifs is 3. The Morgan fingerprint density at radius 2 is 1.69 bits per heavy atom. The van der Waals surface area contributed by atoms with Gasteiger partial charge in [0.25, 0.3) is 0 Å². The molecule has 6 rings (SSSR count). The van der Waals surface area contributed by atoms with Crippen molar-refractivity contribution in [2.24, 2.45) is 0 Å². The van der Waals surface area contributed by atoms with Crippen LogP contribution in [0.5, 0.6) is 5.75 Å². The van der Waals surface area contributed by atoms with E-state index in [1.54, 1.807) is 13.3 Å². The summed E-state index contributed by atoms with van der Waals surface area (Å²) in [6.07, 6.45) is 5.53. The Balaban J connectivity index is 1.42. The molecule has 2 aromatic carbocycles. The Morgan fingerprint density at radius 3 is 2.47 bits per heavy atom. The van der Waals surface area contributed by atoms with Crippen molar-refractivity contribution in [2.75, 3.05) is 68.8 Å². The number of hydrogen-bond acceptors (Lipinski definition) is 7. The second-order valence-corrected chi connectivity index (χ2v) is 9.94. The summed E-state index contributed by atoms with van der Waals surface area (Å²) in [7, 11) is 5.92. The monoisotopic (exact) mass is 500 g/mol. The van der Waals surface area contributed by atoms with E-state index in [0.29, 0.717) is 6.67 Å². The average Bonchev–Trinajstić information content (AvgIpc) is 3.25. The number of ether oxygens (including phenoxy) is 1. The van der Waals surface area contributed by atoms with Crippen molar-refractivity contribution in [3.63, 3.8) is 0 Å². The molecule has 2 aliphatic heterocycles. The van der Waals surface area contributed by atoms with Crippen LogP contribution in [-0.4, -0.2) is 68.9 Å². The van der Waals surface area contributed by atoms with Crippen LogP contribution in [0.4, 0.5) is 22.7 Å². The predicted molar refractivity (Wildman–Crippen MR) is 148 cm³/mol. The zero-order valence-corrected chi connectivity index (χ0v) is 21.5. The van der Waals surface area contributed by atoms with Gasteiger partial charge in [-0.3, -0.25) is 9.97 Å². The molecular weight excluding hydrogens is 472 g/mol. The molecule has 0 atom stereocenters. The number of anilines is 4. The van der Waals surface area contributed by atoms with Gasteiger partial charge in [0.15, 0.2) is 0 Å². The van der Waals surface area contributed by atoms with Gasteiger partial charge in [0.2, 0.25) is 0 Å². The minimum atomic E-state index is 0.703. The number of methoxy groups -OCH3 is 1. The number of pyridine rings is 2. The van der Waals surface area contributed by atoms with Crippen LogP contribution >= 0.6 is 11.6 Å². The molecule has 0 amide bonds. The second-order valence-electron chi connectivity index (χ2n) is 9.53. The first-order chi connectivity index (χ1) is 17.5. The maximum absolute atomic E-state index is 6.95. The third kappa shape index (κ3) is 3.98. The van der Waals surface area contributed by atoms with E-state index in [0.717, 1.165) is 76.0 Å². The number of halogens is 1. The summed E-state index contributed by atoms with van der Waals surface area (Å²) < 4.78 is 5.39. The van der Waals surface area contributed by atoms with Crippen molar-refractivity contribution in [2.45, 2.75) is 0 Å². The van der Waals surface area contributed by atoms with Crippen molar-refractivity contribution >= 4 is 45.3 Å². The fourth-order valence-corrected chi connectivity index (χ4v) is 5.41. The van der Waals surface area contributed by atoms with E-state index >= 15 is 0 Å². The third-order valence-corrected chi connectivity index (χ3v) is 7.53. The molecule has 2 aliphatic rings. The Bertz CT molecular complexity index is 1440. The Hall–Kier alpha value is -3.55. The lowest BCUT2D eigenvalue weighted by Gasteiger charge is -2.34. The standard InChI is InChI=1S/C28H29ClN6O/c1-32-8-10-34(11-9-32)21-5-7-26(24(29)14-21)35-18-33(2)27-17-31-25-6-4-19(13-23(25)28(27)35)20-12-22(36-3)16-30-15-20/h4-7,12-17H,8-11,18H2,1-3H3. The van der Waals surface area contributed by atoms with Gasteiger partial charge >= 0.3 is 0 Å². The summed E-state index contributed by atoms with van der Waals surface area (Å²) in [4.78, 5) is 18.4. The zero-order chi connectivity index (χ0) is 24.8. The van der Waals surface area contributed by atoms with Crippen molar-refractivity contribution in [1.82, 2.24) is 14.9 Å². The Labute approximate surface area is 216 Å². The summed E-state index contributed by atoms with van der Waals surface area (Å²) in [6, 6.07) is 14.8. The maximum atomic E-state index is 6.95. The number of benzene rings is 2. The quantitative estimate of drug-likeness (QED) is 0.379. The molecule has 1 fully saturated rings. The summed E-state index contributed by atoms with van der Waals surface area (Å²) in [6.45, 7) is 4.86. The average molecular weight is 501 g/mol. The molecule has 4 heterocycles. The Morgan fingerprint density at radius 1 is 0.861 bits per heavy atom. The van der Waals surface area contributed by atoms with Crippen molar-refractivity contribution < 1.29 is 4.74 Å². The molecule has 0 bridgehead atoms. The molecule has 0 saturated carbocycles. The molecule has 0 radical (unpaired) electrons. The molecule has 1 saturated heterocycles. The largest absolute Gasteiger partial charge is 0.495 e. The molecule has 2 aromatic heterocycles. The molecule has 0 aliphatic carbocycles. The van der Waals surface area contributed by atoms with Crippen LogP contribution in [0.1, 0.15) is 0 Å². The fourth-order valence-electron chi connectivity index (χ4n) is 5.13. The molecule has 7 nitrogen and oxygen atoms in total. The lowest BCUT2D eigenvalue weighted by atomic mass is 10.0. The smallest absolute Gasteiger partial charge is 0.137 e. The lowest BCUT2D eigenvalue weighted by Crippen LogP contribution is -2.44. The molecule has 0 spiro atoms. The van der Waals surface area contributed by atoms with Crippen LogP contribution in [0.15, 0.2) is 61.1 Å². The summed E-state index contributed by atoms with van der Waals surface area (Å²) in [5, 5.41) is 1.84. The van der Waals surface area contributed by atoms with Crippen LogP contribution in [-0.2, 0) is 0 Å². The van der Waals surface area contributed by atoms with Gasteiger partial charge in [-0.15, -0.1) is 0 Å². The van der Waals surface area contributed by atoms with E-state index in [1.165, 1.54) is 5.69 Å². The fraction of sp³-hybridized carbons (Fsp3) is 0.286. The molecule has 8 heteroatoms. The molecule has 4 aromatic rings. The van der Waals surface area contributed by atoms with E-state index in [2.05, 4.69) is 75.1 Å². The molecule has 0 N–H and O–H groups in total. The number of rotatable bonds is 4. The van der Waals surface area contributed by atoms with E-state index in [4.69, 9.17) is 21.3 Å². The highest BCUT2D eigenvalue weighted by Gasteiger charge is 2.29. The highest BCUT2D eigenvalue weighted by atomic mass is 35.5. The van der Waals surface area contributed by atoms with Crippen LogP contribution in [0.25, 0.3) is 22.0 Å². The van der Waals surface area contributed by atoms with E-state index in [1.807, 2.05) is 18.5 Å². The topological polar surface area (TPSA) is 48.0 Å². The molecular formula is C28H29ClN6O. The van der Waals surface area contributed by atoms with Gasteiger partial charge in [-0.1, -0.05) is 17.7 Å². The number of aromatic nitrogens is 2. The normalized spacial score (nSPS) is 16.1. The number of piperazine rings is 1. The van der Waals surface area contributed by atoms with Crippen LogP contribution < -0.4 is 19.4 Å². The number of nitrogens with zero attached hydrogens (tertiary/aromatic N) is 6. The van der Waals surface area contributed by atoms with Gasteiger partial charge < -0.3 is 24.3 Å². The van der Waals surface area contributed by atoms with Crippen LogP contribution in [0.2, 0.25) is 5.02 Å². The van der Waals surface area contributed by atoms with Gasteiger partial charge in [0, 0.05) is 56.1 Å². The first kappa shape index (κ1) is 22.9. The van der Waals surface area contributed by atoms with Crippen LogP contribution in [0, 0.1) is 0 Å². The minimum absolute atomic E-state index is 0.703. The van der Waals surface area contributed by atoms with Crippen molar-refractivity contribution in [1.29, 1.82) is 0 Å². The van der Waals surface area contributed by atoms with Gasteiger partial charge in [0.05, 0.1) is 53.8 Å². The van der Waals surface area contributed by atoms with Gasteiger partial charge in [-0.25, -0.2) is 0 Å². The highest BCUT2D eigenvalue weighted by Crippen LogP contribution is 2.47. The van der Waals surface area contributed by atoms with E-state index in [-0.39, 0.29) is 0 Å². The maximum Gasteiger partial charge on any atom is 0.137 e. The SMILES string of the molecule is COc1cncc(-c2ccc3ncc4c(c3c2)N(c2ccc(N3CCN(C)CC3)cc2Cl)CN4C)c1. The number of hydrogen-bond donors (Lipinski definition) is 0. The van der Waals surface area contributed by atoms with E-state index < -0.39 is 0 Å². The molecule has 36 heavy (non-hydrogen) atoms. The number of likely N-dealkylation sites (N-methyl/N-ethyl adjacent to an activating group) is 1. The van der Waals surface area contributed by atoms with Crippen molar-refractivity contribution in [3.05, 3.63) is 66.1 Å². The van der Waals surface area contributed by atoms with Gasteiger partial charge in [-0.2, -0.15) is 0 Å². The summed E-state index contributed by atoms with van der Waals surface area (Å²) in [5.74, 6) is 0.734. The molecule has 0 unspecified atom stereocenters.